The summed E-state index contributed by atoms with van der Waals surface area (Å²) < 4.78 is 5.77. The average Bonchev–Trinajstić information content (AvgIpc) is 2.58. The molecule has 4 nitrogen and oxygen atoms in total. The van der Waals surface area contributed by atoms with Gasteiger partial charge in [0.15, 0.2) is 16.8 Å². The summed E-state index contributed by atoms with van der Waals surface area (Å²) >= 11 is 12.1. The molecule has 6 heteroatoms. The van der Waals surface area contributed by atoms with Crippen LogP contribution in [-0.4, -0.2) is 12.5 Å². The van der Waals surface area contributed by atoms with Crippen molar-refractivity contribution in [3.63, 3.8) is 0 Å². The van der Waals surface area contributed by atoms with Gasteiger partial charge in [0.25, 0.3) is 5.91 Å². The molecule has 2 aromatic carbocycles. The second-order valence-electron chi connectivity index (χ2n) is 5.99. The molecule has 0 saturated carbocycles. The van der Waals surface area contributed by atoms with Gasteiger partial charge in [-0.3, -0.25) is 9.59 Å². The Balaban J connectivity index is 1.89. The Morgan fingerprint density at radius 3 is 2.68 bits per heavy atom. The number of hydrogen-bond donors (Lipinski definition) is 0. The Kier molecular flexibility index (Phi) is 3.82. The van der Waals surface area contributed by atoms with Crippen molar-refractivity contribution >= 4 is 45.8 Å². The fourth-order valence-electron chi connectivity index (χ4n) is 3.22. The van der Waals surface area contributed by atoms with Crippen molar-refractivity contribution in [2.24, 2.45) is 0 Å². The van der Waals surface area contributed by atoms with Crippen molar-refractivity contribution in [1.82, 2.24) is 0 Å². The van der Waals surface area contributed by atoms with Crippen molar-refractivity contribution in [1.29, 1.82) is 0 Å². The first-order valence-corrected chi connectivity index (χ1v) is 8.55. The summed E-state index contributed by atoms with van der Waals surface area (Å²) in [4.78, 5) is 27.3. The van der Waals surface area contributed by atoms with E-state index in [0.717, 1.165) is 11.3 Å². The third-order valence-corrected chi connectivity index (χ3v) is 4.97. The number of aryl methyl sites for hydroxylation is 1. The van der Waals surface area contributed by atoms with Gasteiger partial charge < -0.3 is 9.32 Å². The number of rotatable bonds is 1. The Morgan fingerprint density at radius 1 is 1.12 bits per heavy atom. The monoisotopic (exact) mass is 373 g/mol. The largest absolute Gasteiger partial charge is 0.449 e. The van der Waals surface area contributed by atoms with Crippen molar-refractivity contribution in [3.8, 4) is 0 Å². The van der Waals surface area contributed by atoms with Gasteiger partial charge in [-0.05, 0) is 49.2 Å². The predicted molar refractivity (Wildman–Crippen MR) is 99.1 cm³/mol. The number of fused-ring (bicyclic) bond motifs is 2. The SMILES string of the molecule is Cc1cc(Cl)ccc1N1CCc2c(oc3c(Cl)cccc3c2=O)C1=O. The molecule has 3 aromatic rings. The lowest BCUT2D eigenvalue weighted by Gasteiger charge is -2.28. The maximum Gasteiger partial charge on any atom is 0.294 e. The van der Waals surface area contributed by atoms with Crippen LogP contribution in [-0.2, 0) is 6.42 Å². The lowest BCUT2D eigenvalue weighted by atomic mass is 10.0. The molecule has 1 aliphatic rings. The first-order valence-electron chi connectivity index (χ1n) is 7.79. The van der Waals surface area contributed by atoms with Crippen LogP contribution >= 0.6 is 23.2 Å². The van der Waals surface area contributed by atoms with Gasteiger partial charge in [-0.2, -0.15) is 0 Å². The third kappa shape index (κ3) is 2.53. The fraction of sp³-hybridized carbons (Fsp3) is 0.158. The highest BCUT2D eigenvalue weighted by Crippen LogP contribution is 2.30. The number of anilines is 1. The lowest BCUT2D eigenvalue weighted by molar-refractivity contribution is 0.0952. The number of benzene rings is 2. The van der Waals surface area contributed by atoms with Gasteiger partial charge in [0.2, 0.25) is 0 Å². The molecular weight excluding hydrogens is 361 g/mol. The minimum Gasteiger partial charge on any atom is -0.449 e. The van der Waals surface area contributed by atoms with Crippen molar-refractivity contribution in [2.45, 2.75) is 13.3 Å². The summed E-state index contributed by atoms with van der Waals surface area (Å²) in [7, 11) is 0. The van der Waals surface area contributed by atoms with Crippen molar-refractivity contribution in [2.75, 3.05) is 11.4 Å². The molecule has 0 atom stereocenters. The fourth-order valence-corrected chi connectivity index (χ4v) is 3.66. The molecule has 0 N–H and O–H groups in total. The number of hydrogen-bond acceptors (Lipinski definition) is 3. The number of nitrogens with zero attached hydrogens (tertiary/aromatic N) is 1. The van der Waals surface area contributed by atoms with Crippen LogP contribution in [0.2, 0.25) is 10.0 Å². The van der Waals surface area contributed by atoms with Gasteiger partial charge in [0, 0.05) is 17.3 Å². The molecule has 1 amide bonds. The van der Waals surface area contributed by atoms with Gasteiger partial charge in [0.05, 0.1) is 16.0 Å². The summed E-state index contributed by atoms with van der Waals surface area (Å²) in [5.41, 5.74) is 2.09. The highest BCUT2D eigenvalue weighted by Gasteiger charge is 2.31. The Bertz CT molecular complexity index is 1090. The molecule has 1 aromatic heterocycles. The van der Waals surface area contributed by atoms with E-state index in [9.17, 15) is 9.59 Å². The van der Waals surface area contributed by atoms with E-state index in [0.29, 0.717) is 34.0 Å². The number of para-hydroxylation sites is 1. The molecule has 25 heavy (non-hydrogen) atoms. The molecule has 1 aliphatic heterocycles. The zero-order valence-electron chi connectivity index (χ0n) is 13.3. The molecule has 0 saturated heterocycles. The smallest absolute Gasteiger partial charge is 0.294 e. The van der Waals surface area contributed by atoms with Crippen LogP contribution in [0.25, 0.3) is 11.0 Å². The summed E-state index contributed by atoms with van der Waals surface area (Å²) in [6.07, 6.45) is 0.425. The van der Waals surface area contributed by atoms with Gasteiger partial charge in [-0.25, -0.2) is 0 Å². The molecule has 4 rings (SSSR count). The molecule has 0 bridgehead atoms. The molecule has 126 valence electrons. The molecule has 0 aliphatic carbocycles. The third-order valence-electron chi connectivity index (χ3n) is 4.44. The Morgan fingerprint density at radius 2 is 1.92 bits per heavy atom. The van der Waals surface area contributed by atoms with Crippen LogP contribution in [0.1, 0.15) is 21.7 Å². The lowest BCUT2D eigenvalue weighted by Crippen LogP contribution is -2.40. The molecule has 0 spiro atoms. The quantitative estimate of drug-likeness (QED) is 0.625. The number of amides is 1. The highest BCUT2D eigenvalue weighted by atomic mass is 35.5. The van der Waals surface area contributed by atoms with E-state index in [1.54, 1.807) is 41.3 Å². The van der Waals surface area contributed by atoms with Crippen LogP contribution in [0.5, 0.6) is 0 Å². The molecule has 0 unspecified atom stereocenters. The minimum atomic E-state index is -0.342. The zero-order chi connectivity index (χ0) is 17.7. The van der Waals surface area contributed by atoms with Crippen molar-refractivity contribution in [3.05, 3.63) is 73.6 Å². The van der Waals surface area contributed by atoms with Gasteiger partial charge >= 0.3 is 0 Å². The zero-order valence-corrected chi connectivity index (χ0v) is 14.8. The molecular formula is C19H13Cl2NO3. The number of carbonyl (C=O) groups excluding carboxylic acids is 1. The Hall–Kier alpha value is -2.30. The molecule has 2 heterocycles. The van der Waals surface area contributed by atoms with E-state index in [2.05, 4.69) is 0 Å². The predicted octanol–water partition coefficient (Wildman–Crippen LogP) is 4.61. The van der Waals surface area contributed by atoms with Gasteiger partial charge in [-0.15, -0.1) is 0 Å². The van der Waals surface area contributed by atoms with E-state index in [-0.39, 0.29) is 22.7 Å². The van der Waals surface area contributed by atoms with Crippen LogP contribution in [0.4, 0.5) is 5.69 Å². The molecule has 0 fully saturated rings. The topological polar surface area (TPSA) is 50.5 Å². The second kappa shape index (κ2) is 5.90. The standard InChI is InChI=1S/C19H13Cl2NO3/c1-10-9-11(20)5-6-15(10)22-8-7-13-16(23)12-3-2-4-14(21)17(12)25-18(13)19(22)24/h2-6,9H,7-8H2,1H3. The van der Waals surface area contributed by atoms with Crippen LogP contribution in [0, 0.1) is 6.92 Å². The van der Waals surface area contributed by atoms with Crippen molar-refractivity contribution < 1.29 is 9.21 Å². The summed E-state index contributed by atoms with van der Waals surface area (Å²) in [6, 6.07) is 10.3. The number of halogens is 2. The van der Waals surface area contributed by atoms with Gasteiger partial charge in [-0.1, -0.05) is 29.3 Å². The normalized spacial score (nSPS) is 14.0. The first-order chi connectivity index (χ1) is 12.0. The van der Waals surface area contributed by atoms with E-state index in [1.165, 1.54) is 0 Å². The highest BCUT2D eigenvalue weighted by molar-refractivity contribution is 6.34. The number of carbonyl (C=O) groups is 1. The van der Waals surface area contributed by atoms with E-state index in [1.807, 2.05) is 6.92 Å². The van der Waals surface area contributed by atoms with Gasteiger partial charge in [0.1, 0.15) is 0 Å². The van der Waals surface area contributed by atoms with Crippen LogP contribution < -0.4 is 10.3 Å². The second-order valence-corrected chi connectivity index (χ2v) is 6.84. The molecule has 0 radical (unpaired) electrons. The van der Waals surface area contributed by atoms with E-state index < -0.39 is 0 Å². The first kappa shape index (κ1) is 16.2. The maximum atomic E-state index is 13.0. The Labute approximate surface area is 153 Å². The van der Waals surface area contributed by atoms with E-state index in [4.69, 9.17) is 27.6 Å². The van der Waals surface area contributed by atoms with E-state index >= 15 is 0 Å². The maximum absolute atomic E-state index is 13.0. The van der Waals surface area contributed by atoms with Crippen LogP contribution in [0.15, 0.2) is 45.6 Å². The average molecular weight is 374 g/mol. The van der Waals surface area contributed by atoms with Crippen LogP contribution in [0.3, 0.4) is 0 Å². The minimum absolute atomic E-state index is 0.0613. The summed E-state index contributed by atoms with van der Waals surface area (Å²) in [5, 5.41) is 1.32. The summed E-state index contributed by atoms with van der Waals surface area (Å²) in [6.45, 7) is 2.29. The summed E-state index contributed by atoms with van der Waals surface area (Å²) in [5.74, 6) is -0.281.